The van der Waals surface area contributed by atoms with E-state index in [4.69, 9.17) is 4.74 Å². The van der Waals surface area contributed by atoms with Gasteiger partial charge in [0.2, 0.25) is 0 Å². The first-order valence-electron chi connectivity index (χ1n) is 8.33. The maximum atomic E-state index is 5.51. The number of rotatable bonds is 6. The molecule has 1 fully saturated rings. The Bertz CT molecular complexity index is 626. The van der Waals surface area contributed by atoms with E-state index in [1.807, 2.05) is 19.3 Å². The molecule has 1 saturated heterocycles. The summed E-state index contributed by atoms with van der Waals surface area (Å²) in [6.07, 6.45) is 5.81. The SMILES string of the molecule is CCCN(Cc1ccncc1)c1cc(C2CCOC2)nc(C)n1. The molecule has 0 spiro atoms. The largest absolute Gasteiger partial charge is 0.381 e. The van der Waals surface area contributed by atoms with Crippen molar-refractivity contribution in [3.8, 4) is 0 Å². The summed E-state index contributed by atoms with van der Waals surface area (Å²) in [5.74, 6) is 2.25. The average Bonchev–Trinajstić information content (AvgIpc) is 3.09. The van der Waals surface area contributed by atoms with Crippen molar-refractivity contribution in [1.29, 1.82) is 0 Å². The van der Waals surface area contributed by atoms with Crippen molar-refractivity contribution in [2.24, 2.45) is 0 Å². The molecule has 1 unspecified atom stereocenters. The molecule has 1 aliphatic rings. The highest BCUT2D eigenvalue weighted by Crippen LogP contribution is 2.26. The van der Waals surface area contributed by atoms with Crippen molar-refractivity contribution in [1.82, 2.24) is 15.0 Å². The number of nitrogens with zero attached hydrogens (tertiary/aromatic N) is 4. The molecule has 122 valence electrons. The minimum absolute atomic E-state index is 0.403. The van der Waals surface area contributed by atoms with Gasteiger partial charge < -0.3 is 9.64 Å². The van der Waals surface area contributed by atoms with Gasteiger partial charge in [-0.05, 0) is 37.5 Å². The number of hydrogen-bond donors (Lipinski definition) is 0. The van der Waals surface area contributed by atoms with E-state index in [-0.39, 0.29) is 0 Å². The van der Waals surface area contributed by atoms with E-state index < -0.39 is 0 Å². The lowest BCUT2D eigenvalue weighted by atomic mass is 10.0. The van der Waals surface area contributed by atoms with Gasteiger partial charge in [-0.3, -0.25) is 4.98 Å². The summed E-state index contributed by atoms with van der Waals surface area (Å²) in [6.45, 7) is 7.58. The number of ether oxygens (including phenoxy) is 1. The van der Waals surface area contributed by atoms with Crippen LogP contribution < -0.4 is 4.90 Å². The summed E-state index contributed by atoms with van der Waals surface area (Å²) in [5.41, 5.74) is 2.36. The average molecular weight is 312 g/mol. The molecule has 0 saturated carbocycles. The van der Waals surface area contributed by atoms with E-state index in [2.05, 4.69) is 45.0 Å². The molecule has 0 aromatic carbocycles. The van der Waals surface area contributed by atoms with Crippen LogP contribution in [0, 0.1) is 6.92 Å². The standard InChI is InChI=1S/C18H24N4O/c1-3-9-22(12-15-4-7-19-8-5-15)18-11-17(20-14(2)21-18)16-6-10-23-13-16/h4-5,7-8,11,16H,3,6,9-10,12-13H2,1-2H3. The summed E-state index contributed by atoms with van der Waals surface area (Å²) in [7, 11) is 0. The van der Waals surface area contributed by atoms with Crippen molar-refractivity contribution < 1.29 is 4.74 Å². The predicted molar refractivity (Wildman–Crippen MR) is 90.5 cm³/mol. The van der Waals surface area contributed by atoms with Crippen LogP contribution in [-0.2, 0) is 11.3 Å². The Hall–Kier alpha value is -2.01. The minimum atomic E-state index is 0.403. The molecular weight excluding hydrogens is 288 g/mol. The second-order valence-corrected chi connectivity index (χ2v) is 6.04. The van der Waals surface area contributed by atoms with Gasteiger partial charge in [0.05, 0.1) is 12.3 Å². The number of aromatic nitrogens is 3. The van der Waals surface area contributed by atoms with Gasteiger partial charge in [0.15, 0.2) is 0 Å². The van der Waals surface area contributed by atoms with Crippen LogP contribution in [0.2, 0.25) is 0 Å². The van der Waals surface area contributed by atoms with Gasteiger partial charge >= 0.3 is 0 Å². The molecule has 0 amide bonds. The van der Waals surface area contributed by atoms with Crippen LogP contribution >= 0.6 is 0 Å². The summed E-state index contributed by atoms with van der Waals surface area (Å²) >= 11 is 0. The predicted octanol–water partition coefficient (Wildman–Crippen LogP) is 3.10. The molecule has 1 atom stereocenters. The third-order valence-electron chi connectivity index (χ3n) is 4.13. The Labute approximate surface area is 137 Å². The van der Waals surface area contributed by atoms with E-state index in [0.29, 0.717) is 5.92 Å². The maximum absolute atomic E-state index is 5.51. The highest BCUT2D eigenvalue weighted by molar-refractivity contribution is 5.41. The normalized spacial score (nSPS) is 17.4. The van der Waals surface area contributed by atoms with Crippen molar-refractivity contribution in [2.75, 3.05) is 24.7 Å². The van der Waals surface area contributed by atoms with Gasteiger partial charge in [0.25, 0.3) is 0 Å². The summed E-state index contributed by atoms with van der Waals surface area (Å²) in [4.78, 5) is 15.7. The van der Waals surface area contributed by atoms with Crippen molar-refractivity contribution in [3.63, 3.8) is 0 Å². The molecule has 2 aromatic heterocycles. The molecule has 3 heterocycles. The fraction of sp³-hybridized carbons (Fsp3) is 0.500. The molecule has 0 radical (unpaired) electrons. The number of hydrogen-bond acceptors (Lipinski definition) is 5. The summed E-state index contributed by atoms with van der Waals surface area (Å²) in [6, 6.07) is 6.26. The Morgan fingerprint density at radius 1 is 1.26 bits per heavy atom. The number of anilines is 1. The van der Waals surface area contributed by atoms with Gasteiger partial charge in [-0.25, -0.2) is 9.97 Å². The van der Waals surface area contributed by atoms with Gasteiger partial charge in [0, 0.05) is 44.1 Å². The molecule has 23 heavy (non-hydrogen) atoms. The topological polar surface area (TPSA) is 51.1 Å². The van der Waals surface area contributed by atoms with Gasteiger partial charge in [-0.2, -0.15) is 0 Å². The van der Waals surface area contributed by atoms with Gasteiger partial charge in [-0.1, -0.05) is 6.92 Å². The van der Waals surface area contributed by atoms with Crippen LogP contribution in [0.25, 0.3) is 0 Å². The zero-order valence-electron chi connectivity index (χ0n) is 13.9. The molecule has 0 aliphatic carbocycles. The van der Waals surface area contributed by atoms with Crippen molar-refractivity contribution >= 4 is 5.82 Å². The van der Waals surface area contributed by atoms with E-state index in [0.717, 1.165) is 56.5 Å². The molecule has 3 rings (SSSR count). The van der Waals surface area contributed by atoms with Crippen LogP contribution in [0.4, 0.5) is 5.82 Å². The minimum Gasteiger partial charge on any atom is -0.381 e. The van der Waals surface area contributed by atoms with E-state index in [9.17, 15) is 0 Å². The molecule has 2 aromatic rings. The zero-order chi connectivity index (χ0) is 16.1. The van der Waals surface area contributed by atoms with Gasteiger partial charge in [-0.15, -0.1) is 0 Å². The maximum Gasteiger partial charge on any atom is 0.132 e. The van der Waals surface area contributed by atoms with Gasteiger partial charge in [0.1, 0.15) is 11.6 Å². The van der Waals surface area contributed by atoms with Crippen molar-refractivity contribution in [3.05, 3.63) is 47.7 Å². The molecule has 0 bridgehead atoms. The Morgan fingerprint density at radius 3 is 2.78 bits per heavy atom. The Kier molecular flexibility index (Phi) is 5.18. The molecule has 0 N–H and O–H groups in total. The van der Waals surface area contributed by atoms with Crippen LogP contribution in [0.1, 0.15) is 42.8 Å². The second-order valence-electron chi connectivity index (χ2n) is 6.04. The molecule has 1 aliphatic heterocycles. The second kappa shape index (κ2) is 7.51. The lowest BCUT2D eigenvalue weighted by Gasteiger charge is -2.24. The lowest BCUT2D eigenvalue weighted by Crippen LogP contribution is -2.25. The van der Waals surface area contributed by atoms with Crippen LogP contribution in [-0.4, -0.2) is 34.7 Å². The fourth-order valence-corrected chi connectivity index (χ4v) is 2.97. The third kappa shape index (κ3) is 4.05. The van der Waals surface area contributed by atoms with E-state index in [1.54, 1.807) is 0 Å². The summed E-state index contributed by atoms with van der Waals surface area (Å²) < 4.78 is 5.51. The first-order chi connectivity index (χ1) is 11.3. The highest BCUT2D eigenvalue weighted by Gasteiger charge is 2.21. The van der Waals surface area contributed by atoms with E-state index >= 15 is 0 Å². The van der Waals surface area contributed by atoms with Crippen molar-refractivity contribution in [2.45, 2.75) is 39.2 Å². The molecule has 5 heteroatoms. The Morgan fingerprint density at radius 2 is 2.09 bits per heavy atom. The highest BCUT2D eigenvalue weighted by atomic mass is 16.5. The lowest BCUT2D eigenvalue weighted by molar-refractivity contribution is 0.193. The molecular formula is C18H24N4O. The number of pyridine rings is 1. The third-order valence-corrected chi connectivity index (χ3v) is 4.13. The number of aryl methyl sites for hydroxylation is 1. The van der Waals surface area contributed by atoms with E-state index in [1.165, 1.54) is 5.56 Å². The smallest absolute Gasteiger partial charge is 0.132 e. The molecule has 5 nitrogen and oxygen atoms in total. The van der Waals surface area contributed by atoms with Crippen LogP contribution in [0.3, 0.4) is 0 Å². The quantitative estimate of drug-likeness (QED) is 0.820. The van der Waals surface area contributed by atoms with Crippen LogP contribution in [0.5, 0.6) is 0 Å². The fourth-order valence-electron chi connectivity index (χ4n) is 2.97. The zero-order valence-corrected chi connectivity index (χ0v) is 13.9. The first-order valence-corrected chi connectivity index (χ1v) is 8.33. The summed E-state index contributed by atoms with van der Waals surface area (Å²) in [5, 5.41) is 0. The monoisotopic (exact) mass is 312 g/mol. The Balaban J connectivity index is 1.86. The first kappa shape index (κ1) is 15.9. The van der Waals surface area contributed by atoms with Crippen LogP contribution in [0.15, 0.2) is 30.6 Å².